The molecule has 0 aromatic heterocycles. The van der Waals surface area contributed by atoms with Crippen LogP contribution in [0.4, 0.5) is 0 Å². The van der Waals surface area contributed by atoms with Crippen LogP contribution in [0.1, 0.15) is 18.4 Å². The van der Waals surface area contributed by atoms with Crippen LogP contribution < -0.4 is 4.72 Å². The second-order valence-corrected chi connectivity index (χ2v) is 7.49. The molecule has 0 unspecified atom stereocenters. The third-order valence-electron chi connectivity index (χ3n) is 3.21. The summed E-state index contributed by atoms with van der Waals surface area (Å²) in [6, 6.07) is 14.5. The Morgan fingerprint density at radius 3 is 2.36 bits per heavy atom. The molecule has 0 amide bonds. The normalized spacial score (nSPS) is 11.5. The van der Waals surface area contributed by atoms with Gasteiger partial charge in [-0.1, -0.05) is 53.5 Å². The first-order valence-corrected chi connectivity index (χ1v) is 9.21. The van der Waals surface area contributed by atoms with Gasteiger partial charge in [-0.25, -0.2) is 13.1 Å². The number of unbranched alkanes of at least 4 members (excludes halogenated alkanes) is 1. The van der Waals surface area contributed by atoms with Crippen LogP contribution in [0.5, 0.6) is 0 Å². The van der Waals surface area contributed by atoms with Gasteiger partial charge in [-0.05, 0) is 43.0 Å². The lowest BCUT2D eigenvalue weighted by molar-refractivity contribution is 0.577. The molecule has 6 heteroatoms. The van der Waals surface area contributed by atoms with Gasteiger partial charge in [0.2, 0.25) is 10.0 Å². The van der Waals surface area contributed by atoms with Gasteiger partial charge in [-0.3, -0.25) is 0 Å². The van der Waals surface area contributed by atoms with Gasteiger partial charge in [0.1, 0.15) is 4.90 Å². The lowest BCUT2D eigenvalue weighted by Crippen LogP contribution is -2.25. The van der Waals surface area contributed by atoms with Gasteiger partial charge in [0.15, 0.2) is 0 Å². The Balaban J connectivity index is 1.83. The van der Waals surface area contributed by atoms with E-state index in [4.69, 9.17) is 23.2 Å². The number of rotatable bonds is 7. The van der Waals surface area contributed by atoms with Crippen molar-refractivity contribution in [2.24, 2.45) is 0 Å². The fourth-order valence-electron chi connectivity index (χ4n) is 2.08. The first kappa shape index (κ1) is 17.3. The van der Waals surface area contributed by atoms with Gasteiger partial charge in [0.25, 0.3) is 0 Å². The first-order chi connectivity index (χ1) is 10.5. The average molecular weight is 358 g/mol. The van der Waals surface area contributed by atoms with Gasteiger partial charge in [-0.15, -0.1) is 0 Å². The third kappa shape index (κ3) is 4.99. The minimum Gasteiger partial charge on any atom is -0.211 e. The Kier molecular flexibility index (Phi) is 6.26. The van der Waals surface area contributed by atoms with E-state index in [1.807, 2.05) is 18.2 Å². The number of aryl methyl sites for hydroxylation is 1. The van der Waals surface area contributed by atoms with E-state index in [0.29, 0.717) is 11.6 Å². The summed E-state index contributed by atoms with van der Waals surface area (Å²) in [7, 11) is -3.59. The number of benzene rings is 2. The van der Waals surface area contributed by atoms with E-state index in [2.05, 4.69) is 16.9 Å². The zero-order valence-electron chi connectivity index (χ0n) is 11.9. The molecule has 2 aromatic rings. The molecule has 1 N–H and O–H groups in total. The summed E-state index contributed by atoms with van der Waals surface area (Å²) < 4.78 is 26.9. The molecule has 0 atom stereocenters. The number of hydrogen-bond donors (Lipinski definition) is 1. The van der Waals surface area contributed by atoms with Crippen LogP contribution in [0.25, 0.3) is 0 Å². The van der Waals surface area contributed by atoms with Crippen LogP contribution in [0.15, 0.2) is 53.4 Å². The predicted molar refractivity (Wildman–Crippen MR) is 91.0 cm³/mol. The molecule has 22 heavy (non-hydrogen) atoms. The molecule has 2 aromatic carbocycles. The summed E-state index contributed by atoms with van der Waals surface area (Å²) in [5, 5.41) is 0.538. The highest BCUT2D eigenvalue weighted by Gasteiger charge is 2.17. The van der Waals surface area contributed by atoms with E-state index in [-0.39, 0.29) is 9.92 Å². The third-order valence-corrected chi connectivity index (χ3v) is 5.39. The van der Waals surface area contributed by atoms with Crippen molar-refractivity contribution in [3.63, 3.8) is 0 Å². The van der Waals surface area contributed by atoms with Crippen molar-refractivity contribution < 1.29 is 8.42 Å². The molecule has 0 bridgehead atoms. The van der Waals surface area contributed by atoms with Crippen LogP contribution in [0, 0.1) is 0 Å². The predicted octanol–water partition coefficient (Wildman–Crippen LogP) is 4.29. The van der Waals surface area contributed by atoms with Crippen molar-refractivity contribution in [3.05, 3.63) is 64.1 Å². The van der Waals surface area contributed by atoms with Crippen molar-refractivity contribution in [1.29, 1.82) is 0 Å². The summed E-state index contributed by atoms with van der Waals surface area (Å²) in [4.78, 5) is 0.0571. The molecular weight excluding hydrogens is 341 g/mol. The fraction of sp³-hybridized carbons (Fsp3) is 0.250. The van der Waals surface area contributed by atoms with Crippen molar-refractivity contribution in [2.45, 2.75) is 24.2 Å². The van der Waals surface area contributed by atoms with Gasteiger partial charge in [0.05, 0.1) is 5.02 Å². The summed E-state index contributed by atoms with van der Waals surface area (Å²) in [5.41, 5.74) is 1.26. The summed E-state index contributed by atoms with van der Waals surface area (Å²) in [5.74, 6) is 0. The topological polar surface area (TPSA) is 46.2 Å². The molecule has 0 heterocycles. The van der Waals surface area contributed by atoms with Gasteiger partial charge in [0, 0.05) is 11.6 Å². The zero-order valence-corrected chi connectivity index (χ0v) is 14.3. The Labute approximate surface area is 141 Å². The molecule has 118 valence electrons. The molecule has 0 radical (unpaired) electrons. The van der Waals surface area contributed by atoms with E-state index in [1.54, 1.807) is 0 Å². The van der Waals surface area contributed by atoms with E-state index in [0.717, 1.165) is 19.3 Å². The number of nitrogens with one attached hydrogen (secondary N) is 1. The SMILES string of the molecule is O=S(=O)(NCCCCc1ccccc1)c1ccc(Cl)cc1Cl. The molecule has 2 rings (SSSR count). The van der Waals surface area contributed by atoms with Crippen LogP contribution in [0.2, 0.25) is 10.0 Å². The molecule has 0 aliphatic rings. The highest BCUT2D eigenvalue weighted by molar-refractivity contribution is 7.89. The van der Waals surface area contributed by atoms with Crippen molar-refractivity contribution in [1.82, 2.24) is 4.72 Å². The minimum absolute atomic E-state index is 0.0571. The van der Waals surface area contributed by atoms with E-state index in [1.165, 1.54) is 23.8 Å². The molecule has 0 aliphatic carbocycles. The molecule has 0 fully saturated rings. The van der Waals surface area contributed by atoms with Gasteiger partial charge >= 0.3 is 0 Å². The highest BCUT2D eigenvalue weighted by Crippen LogP contribution is 2.24. The fourth-order valence-corrected chi connectivity index (χ4v) is 3.92. The average Bonchev–Trinajstić information content (AvgIpc) is 2.47. The van der Waals surface area contributed by atoms with Crippen molar-refractivity contribution >= 4 is 33.2 Å². The largest absolute Gasteiger partial charge is 0.242 e. The van der Waals surface area contributed by atoms with Crippen LogP contribution >= 0.6 is 23.2 Å². The second kappa shape index (κ2) is 7.97. The molecule has 0 aliphatic heterocycles. The van der Waals surface area contributed by atoms with E-state index in [9.17, 15) is 8.42 Å². The number of halogens is 2. The zero-order chi connectivity index (χ0) is 16.0. The summed E-state index contributed by atoms with van der Waals surface area (Å²) in [6.45, 7) is 0.383. The molecule has 0 saturated heterocycles. The maximum Gasteiger partial charge on any atom is 0.242 e. The Bertz CT molecular complexity index is 718. The lowest BCUT2D eigenvalue weighted by Gasteiger charge is -2.08. The lowest BCUT2D eigenvalue weighted by atomic mass is 10.1. The Morgan fingerprint density at radius 2 is 1.68 bits per heavy atom. The smallest absolute Gasteiger partial charge is 0.211 e. The minimum atomic E-state index is -3.59. The first-order valence-electron chi connectivity index (χ1n) is 6.98. The van der Waals surface area contributed by atoms with Crippen molar-refractivity contribution in [3.8, 4) is 0 Å². The van der Waals surface area contributed by atoms with Gasteiger partial charge in [-0.2, -0.15) is 0 Å². The number of sulfonamides is 1. The molecular formula is C16H17Cl2NO2S. The van der Waals surface area contributed by atoms with Gasteiger partial charge < -0.3 is 0 Å². The van der Waals surface area contributed by atoms with Crippen molar-refractivity contribution in [2.75, 3.05) is 6.54 Å². The maximum absolute atomic E-state index is 12.2. The molecule has 0 spiro atoms. The van der Waals surface area contributed by atoms with Crippen LogP contribution in [0.3, 0.4) is 0 Å². The molecule has 0 saturated carbocycles. The highest BCUT2D eigenvalue weighted by atomic mass is 35.5. The van der Waals surface area contributed by atoms with Crippen LogP contribution in [-0.4, -0.2) is 15.0 Å². The quantitative estimate of drug-likeness (QED) is 0.751. The second-order valence-electron chi connectivity index (χ2n) is 4.92. The molecule has 3 nitrogen and oxygen atoms in total. The van der Waals surface area contributed by atoms with Crippen LogP contribution in [-0.2, 0) is 16.4 Å². The Morgan fingerprint density at radius 1 is 0.955 bits per heavy atom. The standard InChI is InChI=1S/C16H17Cl2NO2S/c17-14-9-10-16(15(18)12-14)22(20,21)19-11-5-4-8-13-6-2-1-3-7-13/h1-3,6-7,9-10,12,19H,4-5,8,11H2. The summed E-state index contributed by atoms with van der Waals surface area (Å²) in [6.07, 6.45) is 2.62. The van der Waals surface area contributed by atoms with E-state index < -0.39 is 10.0 Å². The number of hydrogen-bond acceptors (Lipinski definition) is 2. The monoisotopic (exact) mass is 357 g/mol. The summed E-state index contributed by atoms with van der Waals surface area (Å²) >= 11 is 11.7. The van der Waals surface area contributed by atoms with E-state index >= 15 is 0 Å². The Hall–Kier alpha value is -1.07. The maximum atomic E-state index is 12.2.